The molecule has 9 nitrogen and oxygen atoms in total. The first-order valence-corrected chi connectivity index (χ1v) is 10.8. The Bertz CT molecular complexity index is 1010. The van der Waals surface area contributed by atoms with E-state index in [1.165, 1.54) is 28.6 Å². The molecule has 0 aliphatic carbocycles. The van der Waals surface area contributed by atoms with E-state index < -0.39 is 10.0 Å². The molecular formula is C19H21N5O4S. The number of carbonyl (C=O) groups is 2. The van der Waals surface area contributed by atoms with Crippen LogP contribution in [0, 0.1) is 6.92 Å². The highest BCUT2D eigenvalue weighted by Gasteiger charge is 2.32. The molecule has 2 aliphatic heterocycles. The van der Waals surface area contributed by atoms with Crippen LogP contribution in [-0.4, -0.2) is 60.9 Å². The second-order valence-corrected chi connectivity index (χ2v) is 8.98. The first kappa shape index (κ1) is 19.5. The summed E-state index contributed by atoms with van der Waals surface area (Å²) in [5.41, 5.74) is 1.23. The molecule has 29 heavy (non-hydrogen) atoms. The number of hydrogen-bond donors (Lipinski definition) is 0. The average Bonchev–Trinajstić information content (AvgIpc) is 3.07. The summed E-state index contributed by atoms with van der Waals surface area (Å²) >= 11 is 0. The number of imide groups is 1. The van der Waals surface area contributed by atoms with Gasteiger partial charge in [0, 0.05) is 39.0 Å². The predicted octanol–water partition coefficient (Wildman–Crippen LogP) is 0.949. The fraction of sp³-hybridized carbons (Fsp3) is 0.368. The van der Waals surface area contributed by atoms with Crippen molar-refractivity contribution in [3.05, 3.63) is 42.1 Å². The van der Waals surface area contributed by atoms with Gasteiger partial charge in [0.2, 0.25) is 21.8 Å². The SMILES string of the molecule is Cc1ccc(N2CCN(S(=O)(=O)c3ccc(N4C(=O)CCC4=O)cc3)CC2)nn1. The maximum absolute atomic E-state index is 13.0. The van der Waals surface area contributed by atoms with Gasteiger partial charge in [-0.25, -0.2) is 8.42 Å². The van der Waals surface area contributed by atoms with E-state index in [4.69, 9.17) is 0 Å². The van der Waals surface area contributed by atoms with Gasteiger partial charge in [0.1, 0.15) is 0 Å². The molecule has 0 bridgehead atoms. The van der Waals surface area contributed by atoms with Gasteiger partial charge in [-0.1, -0.05) is 0 Å². The van der Waals surface area contributed by atoms with E-state index in [0.717, 1.165) is 16.4 Å². The zero-order valence-electron chi connectivity index (χ0n) is 16.0. The minimum atomic E-state index is -3.66. The lowest BCUT2D eigenvalue weighted by atomic mass is 10.3. The topological polar surface area (TPSA) is 104 Å². The molecule has 0 N–H and O–H groups in total. The zero-order chi connectivity index (χ0) is 20.6. The number of hydrogen-bond acceptors (Lipinski definition) is 7. The standard InChI is InChI=1S/C19H21N5O4S/c1-14-2-7-17(21-20-14)22-10-12-23(13-11-22)29(27,28)16-5-3-15(4-6-16)24-18(25)8-9-19(24)26/h2-7H,8-13H2,1H3. The molecule has 1 aromatic heterocycles. The summed E-state index contributed by atoms with van der Waals surface area (Å²) in [6.45, 7) is 3.57. The second-order valence-electron chi connectivity index (χ2n) is 7.04. The minimum Gasteiger partial charge on any atom is -0.352 e. The van der Waals surface area contributed by atoms with Crippen LogP contribution in [-0.2, 0) is 19.6 Å². The summed E-state index contributed by atoms with van der Waals surface area (Å²) in [6, 6.07) is 9.66. The van der Waals surface area contributed by atoms with Gasteiger partial charge in [0.15, 0.2) is 5.82 Å². The maximum atomic E-state index is 13.0. The number of piperazine rings is 1. The summed E-state index contributed by atoms with van der Waals surface area (Å²) in [6.07, 6.45) is 0.378. The summed E-state index contributed by atoms with van der Waals surface area (Å²) in [5, 5.41) is 8.20. The fourth-order valence-corrected chi connectivity index (χ4v) is 4.92. The van der Waals surface area contributed by atoms with Gasteiger partial charge < -0.3 is 4.90 Å². The van der Waals surface area contributed by atoms with Crippen molar-refractivity contribution in [2.24, 2.45) is 0 Å². The number of sulfonamides is 1. The molecule has 152 valence electrons. The Morgan fingerprint density at radius 3 is 2.00 bits per heavy atom. The third-order valence-electron chi connectivity index (χ3n) is 5.13. The highest BCUT2D eigenvalue weighted by Crippen LogP contribution is 2.26. The van der Waals surface area contributed by atoms with Gasteiger partial charge in [-0.15, -0.1) is 5.10 Å². The normalized spacial score (nSPS) is 18.5. The Hall–Kier alpha value is -2.85. The monoisotopic (exact) mass is 415 g/mol. The number of aryl methyl sites for hydroxylation is 1. The van der Waals surface area contributed by atoms with Crippen molar-refractivity contribution in [2.45, 2.75) is 24.7 Å². The third-order valence-corrected chi connectivity index (χ3v) is 7.04. The molecule has 0 unspecified atom stereocenters. The first-order chi connectivity index (χ1) is 13.9. The molecule has 3 heterocycles. The molecule has 0 spiro atoms. The molecule has 2 aliphatic rings. The molecule has 0 radical (unpaired) electrons. The van der Waals surface area contributed by atoms with E-state index in [-0.39, 0.29) is 29.6 Å². The van der Waals surface area contributed by atoms with Crippen molar-refractivity contribution in [3.8, 4) is 0 Å². The number of nitrogens with zero attached hydrogens (tertiary/aromatic N) is 5. The van der Waals surface area contributed by atoms with Gasteiger partial charge in [-0.05, 0) is 43.3 Å². The maximum Gasteiger partial charge on any atom is 0.243 e. The molecule has 2 aromatic rings. The Labute approximate surface area is 169 Å². The van der Waals surface area contributed by atoms with Gasteiger partial charge in [-0.3, -0.25) is 14.5 Å². The molecule has 0 saturated carbocycles. The fourth-order valence-electron chi connectivity index (χ4n) is 3.50. The Kier molecular flexibility index (Phi) is 5.05. The molecule has 1 aromatic carbocycles. The average molecular weight is 415 g/mol. The van der Waals surface area contributed by atoms with Crippen LogP contribution in [0.1, 0.15) is 18.5 Å². The van der Waals surface area contributed by atoms with E-state index >= 15 is 0 Å². The minimum absolute atomic E-state index is 0.143. The highest BCUT2D eigenvalue weighted by molar-refractivity contribution is 7.89. The Morgan fingerprint density at radius 2 is 1.45 bits per heavy atom. The quantitative estimate of drug-likeness (QED) is 0.685. The van der Waals surface area contributed by atoms with Crippen LogP contribution in [0.15, 0.2) is 41.3 Å². The summed E-state index contributed by atoms with van der Waals surface area (Å²) in [5.74, 6) is 0.207. The lowest BCUT2D eigenvalue weighted by Gasteiger charge is -2.34. The van der Waals surface area contributed by atoms with Crippen LogP contribution in [0.3, 0.4) is 0 Å². The molecule has 2 amide bonds. The van der Waals surface area contributed by atoms with E-state index in [2.05, 4.69) is 10.2 Å². The molecule has 0 atom stereocenters. The van der Waals surface area contributed by atoms with Crippen molar-refractivity contribution >= 4 is 33.3 Å². The van der Waals surface area contributed by atoms with Crippen LogP contribution in [0.5, 0.6) is 0 Å². The second kappa shape index (κ2) is 7.53. The lowest BCUT2D eigenvalue weighted by Crippen LogP contribution is -2.49. The molecule has 4 rings (SSSR count). The van der Waals surface area contributed by atoms with Gasteiger partial charge in [-0.2, -0.15) is 9.40 Å². The van der Waals surface area contributed by atoms with Crippen molar-refractivity contribution in [1.29, 1.82) is 0 Å². The van der Waals surface area contributed by atoms with Crippen LogP contribution in [0.25, 0.3) is 0 Å². The van der Waals surface area contributed by atoms with Crippen LogP contribution >= 0.6 is 0 Å². The van der Waals surface area contributed by atoms with Crippen molar-refractivity contribution < 1.29 is 18.0 Å². The van der Waals surface area contributed by atoms with E-state index in [9.17, 15) is 18.0 Å². The van der Waals surface area contributed by atoms with Gasteiger partial charge in [0.25, 0.3) is 0 Å². The largest absolute Gasteiger partial charge is 0.352 e. The van der Waals surface area contributed by atoms with E-state index in [1.54, 1.807) is 0 Å². The van der Waals surface area contributed by atoms with Crippen molar-refractivity contribution in [2.75, 3.05) is 36.0 Å². The van der Waals surface area contributed by atoms with Crippen molar-refractivity contribution in [1.82, 2.24) is 14.5 Å². The van der Waals surface area contributed by atoms with Crippen LogP contribution < -0.4 is 9.80 Å². The first-order valence-electron chi connectivity index (χ1n) is 9.37. The van der Waals surface area contributed by atoms with E-state index in [1.807, 2.05) is 24.0 Å². The number of carbonyl (C=O) groups excluding carboxylic acids is 2. The number of benzene rings is 1. The number of aromatic nitrogens is 2. The summed E-state index contributed by atoms with van der Waals surface area (Å²) < 4.78 is 27.4. The Morgan fingerprint density at radius 1 is 0.828 bits per heavy atom. The molecule has 2 fully saturated rings. The Balaban J connectivity index is 1.45. The molecule has 2 saturated heterocycles. The summed E-state index contributed by atoms with van der Waals surface area (Å²) in [7, 11) is -3.66. The van der Waals surface area contributed by atoms with E-state index in [0.29, 0.717) is 31.9 Å². The predicted molar refractivity (Wildman–Crippen MR) is 106 cm³/mol. The smallest absolute Gasteiger partial charge is 0.243 e. The lowest BCUT2D eigenvalue weighted by molar-refractivity contribution is -0.121. The van der Waals surface area contributed by atoms with Crippen LogP contribution in [0.4, 0.5) is 11.5 Å². The highest BCUT2D eigenvalue weighted by atomic mass is 32.2. The number of amides is 2. The number of anilines is 2. The number of rotatable bonds is 4. The molecule has 10 heteroatoms. The van der Waals surface area contributed by atoms with Gasteiger partial charge in [0.05, 0.1) is 16.3 Å². The zero-order valence-corrected chi connectivity index (χ0v) is 16.8. The van der Waals surface area contributed by atoms with Crippen molar-refractivity contribution in [3.63, 3.8) is 0 Å². The van der Waals surface area contributed by atoms with Gasteiger partial charge >= 0.3 is 0 Å². The summed E-state index contributed by atoms with van der Waals surface area (Å²) in [4.78, 5) is 26.9. The third kappa shape index (κ3) is 3.73. The van der Waals surface area contributed by atoms with Crippen LogP contribution in [0.2, 0.25) is 0 Å². The molecular weight excluding hydrogens is 394 g/mol.